The summed E-state index contributed by atoms with van der Waals surface area (Å²) < 4.78 is 34.7. The van der Waals surface area contributed by atoms with Crippen LogP contribution in [0.4, 0.5) is 8.78 Å². The number of carbonyl (C=O) groups is 2. The molecule has 2 amide bonds. The van der Waals surface area contributed by atoms with E-state index in [4.69, 9.17) is 4.74 Å². The van der Waals surface area contributed by atoms with Crippen LogP contribution < -0.4 is 4.74 Å². The van der Waals surface area contributed by atoms with E-state index in [2.05, 4.69) is 0 Å². The first-order chi connectivity index (χ1) is 14.8. The largest absolute Gasteiger partial charge is 0.491 e. The van der Waals surface area contributed by atoms with Crippen LogP contribution in [0.5, 0.6) is 5.75 Å². The summed E-state index contributed by atoms with van der Waals surface area (Å²) in [6.45, 7) is 4.77. The predicted octanol–water partition coefficient (Wildman–Crippen LogP) is 4.38. The summed E-state index contributed by atoms with van der Waals surface area (Å²) in [6, 6.07) is 9.97. The quantitative estimate of drug-likeness (QED) is 0.711. The van der Waals surface area contributed by atoms with Crippen LogP contribution in [-0.4, -0.2) is 54.4 Å². The normalized spacial score (nSPS) is 18.1. The number of amides is 2. The summed E-state index contributed by atoms with van der Waals surface area (Å²) in [7, 11) is 1.72. The summed E-state index contributed by atoms with van der Waals surface area (Å²) in [5, 5.41) is 0. The molecule has 31 heavy (non-hydrogen) atoms. The number of fused-ring (bicyclic) bond motifs is 1. The van der Waals surface area contributed by atoms with E-state index in [0.29, 0.717) is 37.2 Å². The standard InChI is InChI=1S/C24H28F2N2O3/c1-16(2)20-15-31-21-12-5-4-9-17(21)23(29)27(3)13-6-7-14-28(20)24(30)22-18(25)10-8-11-19(22)26/h4-5,8-12,16,20H,6-7,13-15H2,1-3H3/t20-/m1/s1. The van der Waals surface area contributed by atoms with Gasteiger partial charge in [-0.1, -0.05) is 32.0 Å². The topological polar surface area (TPSA) is 49.9 Å². The number of rotatable bonds is 2. The fraction of sp³-hybridized carbons (Fsp3) is 0.417. The molecule has 0 spiro atoms. The van der Waals surface area contributed by atoms with E-state index >= 15 is 0 Å². The molecule has 0 fully saturated rings. The van der Waals surface area contributed by atoms with E-state index in [-0.39, 0.29) is 18.4 Å². The zero-order valence-corrected chi connectivity index (χ0v) is 18.1. The highest BCUT2D eigenvalue weighted by Gasteiger charge is 2.31. The molecule has 166 valence electrons. The van der Waals surface area contributed by atoms with Crippen LogP contribution in [0.1, 0.15) is 47.4 Å². The minimum absolute atomic E-state index is 0.0349. The van der Waals surface area contributed by atoms with Crippen LogP contribution in [0.2, 0.25) is 0 Å². The first-order valence-electron chi connectivity index (χ1n) is 10.5. The molecule has 0 saturated carbocycles. The number of nitrogens with zero attached hydrogens (tertiary/aromatic N) is 2. The Hall–Kier alpha value is -2.96. The van der Waals surface area contributed by atoms with Crippen molar-refractivity contribution in [2.24, 2.45) is 5.92 Å². The second-order valence-corrected chi connectivity index (χ2v) is 8.15. The SMILES string of the molecule is CC(C)[C@H]1COc2ccccc2C(=O)N(C)CCCCN1C(=O)c1c(F)cccc1F. The average Bonchev–Trinajstić information content (AvgIpc) is 2.73. The highest BCUT2D eigenvalue weighted by molar-refractivity contribution is 5.97. The first kappa shape index (κ1) is 22.7. The van der Waals surface area contributed by atoms with Gasteiger partial charge in [-0.3, -0.25) is 9.59 Å². The van der Waals surface area contributed by atoms with Crippen molar-refractivity contribution in [1.29, 1.82) is 0 Å². The number of para-hydroxylation sites is 1. The van der Waals surface area contributed by atoms with Crippen LogP contribution in [-0.2, 0) is 0 Å². The third-order valence-corrected chi connectivity index (χ3v) is 5.62. The van der Waals surface area contributed by atoms with Crippen molar-refractivity contribution in [3.8, 4) is 5.75 Å². The molecule has 7 heteroatoms. The molecule has 2 aromatic carbocycles. The van der Waals surface area contributed by atoms with Crippen molar-refractivity contribution in [2.45, 2.75) is 32.7 Å². The zero-order valence-electron chi connectivity index (χ0n) is 18.1. The summed E-state index contributed by atoms with van der Waals surface area (Å²) >= 11 is 0. The predicted molar refractivity (Wildman–Crippen MR) is 114 cm³/mol. The maximum Gasteiger partial charge on any atom is 0.260 e. The van der Waals surface area contributed by atoms with Gasteiger partial charge in [0.1, 0.15) is 29.6 Å². The molecule has 0 N–H and O–H groups in total. The number of carbonyl (C=O) groups excluding carboxylic acids is 2. The highest BCUT2D eigenvalue weighted by Crippen LogP contribution is 2.25. The Morgan fingerprint density at radius 3 is 2.35 bits per heavy atom. The van der Waals surface area contributed by atoms with Crippen molar-refractivity contribution >= 4 is 11.8 Å². The Kier molecular flexibility index (Phi) is 7.25. The van der Waals surface area contributed by atoms with E-state index in [1.54, 1.807) is 36.2 Å². The average molecular weight is 430 g/mol. The van der Waals surface area contributed by atoms with Gasteiger partial charge in [-0.15, -0.1) is 0 Å². The molecule has 0 saturated heterocycles. The zero-order chi connectivity index (χ0) is 22.5. The summed E-state index contributed by atoms with van der Waals surface area (Å²) in [5.41, 5.74) is -0.0981. The second-order valence-electron chi connectivity index (χ2n) is 8.15. The number of ether oxygens (including phenoxy) is 1. The lowest BCUT2D eigenvalue weighted by molar-refractivity contribution is 0.0506. The molecule has 1 atom stereocenters. The third-order valence-electron chi connectivity index (χ3n) is 5.62. The summed E-state index contributed by atoms with van der Waals surface area (Å²) in [5.74, 6) is -2.18. The second kappa shape index (κ2) is 9.90. The monoisotopic (exact) mass is 430 g/mol. The third kappa shape index (κ3) is 5.03. The number of benzene rings is 2. The van der Waals surface area contributed by atoms with Gasteiger partial charge in [-0.25, -0.2) is 8.78 Å². The number of hydrogen-bond acceptors (Lipinski definition) is 3. The number of halogens is 2. The van der Waals surface area contributed by atoms with Crippen LogP contribution in [0.25, 0.3) is 0 Å². The highest BCUT2D eigenvalue weighted by atomic mass is 19.1. The lowest BCUT2D eigenvalue weighted by Gasteiger charge is -2.35. The van der Waals surface area contributed by atoms with Crippen LogP contribution in [0.3, 0.4) is 0 Å². The maximum absolute atomic E-state index is 14.4. The number of hydrogen-bond donors (Lipinski definition) is 0. The Morgan fingerprint density at radius 1 is 1.03 bits per heavy atom. The van der Waals surface area contributed by atoms with Crippen molar-refractivity contribution in [1.82, 2.24) is 9.80 Å². The molecule has 1 aliphatic rings. The van der Waals surface area contributed by atoms with Crippen molar-refractivity contribution in [3.05, 3.63) is 65.2 Å². The molecular weight excluding hydrogens is 402 g/mol. The van der Waals surface area contributed by atoms with Gasteiger partial charge in [0.2, 0.25) is 0 Å². The van der Waals surface area contributed by atoms with Crippen molar-refractivity contribution < 1.29 is 23.1 Å². The first-order valence-corrected chi connectivity index (χ1v) is 10.5. The maximum atomic E-state index is 14.4. The molecule has 0 unspecified atom stereocenters. The minimum atomic E-state index is -0.879. The van der Waals surface area contributed by atoms with Gasteiger partial charge in [0.05, 0.1) is 11.6 Å². The van der Waals surface area contributed by atoms with Gasteiger partial charge in [0.15, 0.2) is 0 Å². The van der Waals surface area contributed by atoms with E-state index < -0.39 is 29.1 Å². The van der Waals surface area contributed by atoms with Gasteiger partial charge >= 0.3 is 0 Å². The van der Waals surface area contributed by atoms with Crippen LogP contribution in [0, 0.1) is 17.6 Å². The molecule has 5 nitrogen and oxygen atoms in total. The molecule has 0 aliphatic carbocycles. The Balaban J connectivity index is 1.98. The van der Waals surface area contributed by atoms with Gasteiger partial charge in [0, 0.05) is 20.1 Å². The lowest BCUT2D eigenvalue weighted by atomic mass is 10.0. The smallest absolute Gasteiger partial charge is 0.260 e. The van der Waals surface area contributed by atoms with E-state index in [9.17, 15) is 18.4 Å². The molecule has 2 aromatic rings. The van der Waals surface area contributed by atoms with Crippen molar-refractivity contribution in [3.63, 3.8) is 0 Å². The van der Waals surface area contributed by atoms with Crippen molar-refractivity contribution in [2.75, 3.05) is 26.7 Å². The Labute approximate surface area is 181 Å². The molecule has 0 radical (unpaired) electrons. The molecule has 0 bridgehead atoms. The van der Waals surface area contributed by atoms with E-state index in [0.717, 1.165) is 12.1 Å². The molecule has 3 rings (SSSR count). The van der Waals surface area contributed by atoms with Gasteiger partial charge in [0.25, 0.3) is 11.8 Å². The Bertz CT molecular complexity index is 928. The van der Waals surface area contributed by atoms with Gasteiger partial charge in [-0.2, -0.15) is 0 Å². The fourth-order valence-corrected chi connectivity index (χ4v) is 3.79. The lowest BCUT2D eigenvalue weighted by Crippen LogP contribution is -2.48. The summed E-state index contributed by atoms with van der Waals surface area (Å²) in [6.07, 6.45) is 1.24. The van der Waals surface area contributed by atoms with E-state index in [1.807, 2.05) is 13.8 Å². The molecular formula is C24H28F2N2O3. The van der Waals surface area contributed by atoms with Gasteiger partial charge in [-0.05, 0) is 43.0 Å². The van der Waals surface area contributed by atoms with Gasteiger partial charge < -0.3 is 14.5 Å². The molecule has 0 aromatic heterocycles. The molecule has 1 heterocycles. The van der Waals surface area contributed by atoms with E-state index in [1.165, 1.54) is 11.0 Å². The van der Waals surface area contributed by atoms with Crippen LogP contribution in [0.15, 0.2) is 42.5 Å². The molecule has 1 aliphatic heterocycles. The Morgan fingerprint density at radius 2 is 1.68 bits per heavy atom. The summed E-state index contributed by atoms with van der Waals surface area (Å²) in [4.78, 5) is 29.2. The fourth-order valence-electron chi connectivity index (χ4n) is 3.79. The minimum Gasteiger partial charge on any atom is -0.491 e. The van der Waals surface area contributed by atoms with Crippen LogP contribution >= 0.6 is 0 Å².